The Hall–Kier alpha value is -2.45. The number of nitrogens with two attached hydrogens (primary N) is 1. The van der Waals surface area contributed by atoms with Crippen molar-refractivity contribution in [1.82, 2.24) is 0 Å². The van der Waals surface area contributed by atoms with Gasteiger partial charge in [0.05, 0.1) is 4.90 Å². The first-order valence-electron chi connectivity index (χ1n) is 6.99. The highest BCUT2D eigenvalue weighted by molar-refractivity contribution is 7.89. The number of anilines is 1. The van der Waals surface area contributed by atoms with Crippen molar-refractivity contribution in [2.45, 2.75) is 18.7 Å². The summed E-state index contributed by atoms with van der Waals surface area (Å²) in [5.41, 5.74) is 1.66. The SMILES string of the molecule is Cc1cc(S(N)(=O)=O)cc(NC(=O)COc2ccccc2F)c1C. The number of primary sulfonamides is 1. The molecule has 6 nitrogen and oxygen atoms in total. The van der Waals surface area contributed by atoms with Gasteiger partial charge in [0, 0.05) is 5.69 Å². The van der Waals surface area contributed by atoms with Crippen molar-refractivity contribution >= 4 is 21.6 Å². The maximum atomic E-state index is 13.4. The molecule has 0 fully saturated rings. The van der Waals surface area contributed by atoms with Crippen molar-refractivity contribution in [1.29, 1.82) is 0 Å². The Morgan fingerprint density at radius 1 is 1.25 bits per heavy atom. The fraction of sp³-hybridized carbons (Fsp3) is 0.188. The topological polar surface area (TPSA) is 98.5 Å². The summed E-state index contributed by atoms with van der Waals surface area (Å²) in [6.07, 6.45) is 0. The van der Waals surface area contributed by atoms with Gasteiger partial charge in [-0.15, -0.1) is 0 Å². The van der Waals surface area contributed by atoms with Gasteiger partial charge in [-0.05, 0) is 49.2 Å². The molecule has 2 aromatic carbocycles. The molecular formula is C16H17FN2O4S. The largest absolute Gasteiger partial charge is 0.481 e. The smallest absolute Gasteiger partial charge is 0.262 e. The Kier molecular flexibility index (Phi) is 5.20. The van der Waals surface area contributed by atoms with E-state index in [2.05, 4.69) is 5.32 Å². The number of para-hydroxylation sites is 1. The van der Waals surface area contributed by atoms with Gasteiger partial charge in [0.1, 0.15) is 0 Å². The molecule has 0 saturated carbocycles. The second kappa shape index (κ2) is 6.98. The average molecular weight is 352 g/mol. The highest BCUT2D eigenvalue weighted by atomic mass is 32.2. The molecule has 0 unspecified atom stereocenters. The first-order valence-corrected chi connectivity index (χ1v) is 8.54. The molecule has 8 heteroatoms. The minimum absolute atomic E-state index is 0.0427. The zero-order valence-corrected chi connectivity index (χ0v) is 14.0. The molecule has 24 heavy (non-hydrogen) atoms. The van der Waals surface area contributed by atoms with Crippen LogP contribution in [0.3, 0.4) is 0 Å². The molecule has 3 N–H and O–H groups in total. The molecule has 1 amide bonds. The molecule has 2 rings (SSSR count). The Bertz CT molecular complexity index is 882. The van der Waals surface area contributed by atoms with Gasteiger partial charge >= 0.3 is 0 Å². The number of aryl methyl sites for hydroxylation is 1. The van der Waals surface area contributed by atoms with Crippen LogP contribution in [0.1, 0.15) is 11.1 Å². The van der Waals surface area contributed by atoms with E-state index in [1.807, 2.05) is 0 Å². The van der Waals surface area contributed by atoms with E-state index < -0.39 is 28.4 Å². The zero-order valence-electron chi connectivity index (χ0n) is 13.2. The third-order valence-corrected chi connectivity index (χ3v) is 4.33. The Morgan fingerprint density at radius 2 is 1.92 bits per heavy atom. The van der Waals surface area contributed by atoms with Crippen molar-refractivity contribution in [3.63, 3.8) is 0 Å². The molecule has 128 valence electrons. The number of amides is 1. The van der Waals surface area contributed by atoms with Gasteiger partial charge in [0.25, 0.3) is 5.91 Å². The summed E-state index contributed by atoms with van der Waals surface area (Å²) < 4.78 is 41.5. The molecule has 0 aliphatic carbocycles. The van der Waals surface area contributed by atoms with Gasteiger partial charge in [-0.25, -0.2) is 17.9 Å². The van der Waals surface area contributed by atoms with E-state index in [0.29, 0.717) is 16.8 Å². The molecule has 0 radical (unpaired) electrons. The van der Waals surface area contributed by atoms with Gasteiger partial charge in [-0.3, -0.25) is 4.79 Å². The quantitative estimate of drug-likeness (QED) is 0.861. The van der Waals surface area contributed by atoms with Crippen LogP contribution < -0.4 is 15.2 Å². The van der Waals surface area contributed by atoms with Crippen LogP contribution in [-0.4, -0.2) is 20.9 Å². The highest BCUT2D eigenvalue weighted by Crippen LogP contribution is 2.23. The molecule has 0 aliphatic heterocycles. The van der Waals surface area contributed by atoms with E-state index in [4.69, 9.17) is 9.88 Å². The summed E-state index contributed by atoms with van der Waals surface area (Å²) in [6.45, 7) is 3.02. The summed E-state index contributed by atoms with van der Waals surface area (Å²) in [4.78, 5) is 11.9. The van der Waals surface area contributed by atoms with Crippen LogP contribution in [0.2, 0.25) is 0 Å². The number of benzene rings is 2. The van der Waals surface area contributed by atoms with Gasteiger partial charge in [-0.2, -0.15) is 0 Å². The standard InChI is InChI=1S/C16H17FN2O4S/c1-10-7-12(24(18,21)22)8-14(11(10)2)19-16(20)9-23-15-6-4-3-5-13(15)17/h3-8H,9H2,1-2H3,(H,19,20)(H2,18,21,22). The number of nitrogens with one attached hydrogen (secondary N) is 1. The second-order valence-electron chi connectivity index (χ2n) is 5.23. The van der Waals surface area contributed by atoms with E-state index in [1.165, 1.54) is 30.3 Å². The summed E-state index contributed by atoms with van der Waals surface area (Å²) in [6, 6.07) is 8.41. The highest BCUT2D eigenvalue weighted by Gasteiger charge is 2.14. The molecule has 0 aromatic heterocycles. The number of rotatable bonds is 5. The lowest BCUT2D eigenvalue weighted by atomic mass is 10.1. The maximum Gasteiger partial charge on any atom is 0.262 e. The lowest BCUT2D eigenvalue weighted by Crippen LogP contribution is -2.22. The van der Waals surface area contributed by atoms with Gasteiger partial charge in [-0.1, -0.05) is 12.1 Å². The average Bonchev–Trinajstić information content (AvgIpc) is 2.50. The van der Waals surface area contributed by atoms with E-state index in [9.17, 15) is 17.6 Å². The predicted octanol–water partition coefficient (Wildman–Crippen LogP) is 2.11. The fourth-order valence-corrected chi connectivity index (χ4v) is 2.63. The number of carbonyl (C=O) groups is 1. The number of hydrogen-bond donors (Lipinski definition) is 2. The summed E-state index contributed by atoms with van der Waals surface area (Å²) >= 11 is 0. The van der Waals surface area contributed by atoms with Crippen LogP contribution >= 0.6 is 0 Å². The van der Waals surface area contributed by atoms with Gasteiger partial charge in [0.2, 0.25) is 10.0 Å². The van der Waals surface area contributed by atoms with Crippen LogP contribution in [0.25, 0.3) is 0 Å². The molecule has 0 bridgehead atoms. The zero-order chi connectivity index (χ0) is 17.9. The van der Waals surface area contributed by atoms with Gasteiger partial charge in [0.15, 0.2) is 18.2 Å². The molecule has 0 atom stereocenters. The molecule has 2 aromatic rings. The van der Waals surface area contributed by atoms with Crippen LogP contribution in [0.15, 0.2) is 41.3 Å². The van der Waals surface area contributed by atoms with Crippen LogP contribution in [-0.2, 0) is 14.8 Å². The van der Waals surface area contributed by atoms with Crippen LogP contribution in [0.5, 0.6) is 5.75 Å². The number of sulfonamides is 1. The third kappa shape index (κ3) is 4.30. The van der Waals surface area contributed by atoms with Crippen LogP contribution in [0, 0.1) is 19.7 Å². The van der Waals surface area contributed by atoms with Crippen molar-refractivity contribution in [2.75, 3.05) is 11.9 Å². The Morgan fingerprint density at radius 3 is 2.54 bits per heavy atom. The summed E-state index contributed by atoms with van der Waals surface area (Å²) in [5.74, 6) is -1.17. The predicted molar refractivity (Wildman–Crippen MR) is 87.8 cm³/mol. The number of carbonyl (C=O) groups excluding carboxylic acids is 1. The summed E-state index contributed by atoms with van der Waals surface area (Å²) in [7, 11) is -3.89. The van der Waals surface area contributed by atoms with E-state index in [1.54, 1.807) is 19.9 Å². The number of ether oxygens (including phenoxy) is 1. The second-order valence-corrected chi connectivity index (χ2v) is 6.79. The monoisotopic (exact) mass is 352 g/mol. The fourth-order valence-electron chi connectivity index (χ4n) is 2.01. The van der Waals surface area contributed by atoms with E-state index >= 15 is 0 Å². The first kappa shape index (κ1) is 17.9. The molecular weight excluding hydrogens is 335 g/mol. The molecule has 0 heterocycles. The summed E-state index contributed by atoms with van der Waals surface area (Å²) in [5, 5.41) is 7.67. The maximum absolute atomic E-state index is 13.4. The van der Waals surface area contributed by atoms with Crippen molar-refractivity contribution in [3.8, 4) is 5.75 Å². The van der Waals surface area contributed by atoms with E-state index in [0.717, 1.165) is 0 Å². The minimum Gasteiger partial charge on any atom is -0.481 e. The third-order valence-electron chi connectivity index (χ3n) is 3.44. The van der Waals surface area contributed by atoms with Crippen LogP contribution in [0.4, 0.5) is 10.1 Å². The van der Waals surface area contributed by atoms with Crippen molar-refractivity contribution < 1.29 is 22.3 Å². The Balaban J connectivity index is 2.14. The lowest BCUT2D eigenvalue weighted by Gasteiger charge is -2.13. The number of hydrogen-bond acceptors (Lipinski definition) is 4. The lowest BCUT2D eigenvalue weighted by molar-refractivity contribution is -0.118. The van der Waals surface area contributed by atoms with Crippen molar-refractivity contribution in [2.24, 2.45) is 5.14 Å². The number of halogens is 1. The minimum atomic E-state index is -3.89. The normalized spacial score (nSPS) is 11.2. The van der Waals surface area contributed by atoms with Gasteiger partial charge < -0.3 is 10.1 Å². The van der Waals surface area contributed by atoms with E-state index in [-0.39, 0.29) is 10.6 Å². The Labute approximate surface area is 139 Å². The first-order chi connectivity index (χ1) is 11.2. The van der Waals surface area contributed by atoms with Crippen molar-refractivity contribution in [3.05, 3.63) is 53.3 Å². The molecule has 0 saturated heterocycles. The molecule has 0 spiro atoms. The molecule has 0 aliphatic rings.